The standard InChI is InChI=1S/C19H22N4O3.ClH/c1-22(17-8-4-5-9-18(17)23(25)26)13-19(24)21-12-16-15-7-3-2-6-14(15)10-11-20-16;/h2-9,16,20H,10-13H2,1H3,(H,21,24);1H. The van der Waals surface area contributed by atoms with Crippen molar-refractivity contribution in [2.24, 2.45) is 0 Å². The summed E-state index contributed by atoms with van der Waals surface area (Å²) in [5.74, 6) is -0.171. The zero-order chi connectivity index (χ0) is 18.5. The molecular formula is C19H23ClN4O3. The van der Waals surface area contributed by atoms with E-state index in [-0.39, 0.29) is 36.6 Å². The van der Waals surface area contributed by atoms with Gasteiger partial charge in [-0.05, 0) is 30.2 Å². The molecule has 0 fully saturated rings. The fourth-order valence-corrected chi connectivity index (χ4v) is 3.29. The molecule has 0 saturated carbocycles. The Hall–Kier alpha value is -2.64. The molecule has 2 aromatic rings. The van der Waals surface area contributed by atoms with Crippen LogP contribution in [0.15, 0.2) is 48.5 Å². The van der Waals surface area contributed by atoms with E-state index in [9.17, 15) is 14.9 Å². The second kappa shape index (κ2) is 9.34. The number of nitrogens with zero attached hydrogens (tertiary/aromatic N) is 2. The van der Waals surface area contributed by atoms with Crippen LogP contribution in [0.4, 0.5) is 11.4 Å². The molecule has 8 heteroatoms. The van der Waals surface area contributed by atoms with Crippen molar-refractivity contribution in [2.45, 2.75) is 12.5 Å². The first-order valence-electron chi connectivity index (χ1n) is 8.58. The highest BCUT2D eigenvalue weighted by molar-refractivity contribution is 5.85. The van der Waals surface area contributed by atoms with Gasteiger partial charge in [0.2, 0.25) is 5.91 Å². The van der Waals surface area contributed by atoms with Gasteiger partial charge in [-0.3, -0.25) is 14.9 Å². The average molecular weight is 391 g/mol. The molecule has 1 amide bonds. The van der Waals surface area contributed by atoms with Crippen LogP contribution in [-0.2, 0) is 11.2 Å². The molecule has 7 nitrogen and oxygen atoms in total. The number of nitrogens with one attached hydrogen (secondary N) is 2. The normalized spacial score (nSPS) is 15.2. The molecule has 2 aromatic carbocycles. The lowest BCUT2D eigenvalue weighted by atomic mass is 9.94. The van der Waals surface area contributed by atoms with Crippen LogP contribution >= 0.6 is 12.4 Å². The minimum atomic E-state index is -0.438. The molecule has 0 aromatic heterocycles. The molecule has 0 spiro atoms. The summed E-state index contributed by atoms with van der Waals surface area (Å²) in [6, 6.07) is 14.7. The molecule has 1 aliphatic rings. The topological polar surface area (TPSA) is 87.5 Å². The maximum Gasteiger partial charge on any atom is 0.292 e. The van der Waals surface area contributed by atoms with Gasteiger partial charge in [0.05, 0.1) is 11.5 Å². The van der Waals surface area contributed by atoms with Crippen molar-refractivity contribution < 1.29 is 9.72 Å². The van der Waals surface area contributed by atoms with Crippen molar-refractivity contribution in [3.8, 4) is 0 Å². The molecule has 1 heterocycles. The first-order chi connectivity index (χ1) is 12.6. The highest BCUT2D eigenvalue weighted by atomic mass is 35.5. The van der Waals surface area contributed by atoms with E-state index in [0.717, 1.165) is 13.0 Å². The number of hydrogen-bond donors (Lipinski definition) is 2. The van der Waals surface area contributed by atoms with Gasteiger partial charge in [0.15, 0.2) is 0 Å². The number of hydrogen-bond acceptors (Lipinski definition) is 5. The van der Waals surface area contributed by atoms with Gasteiger partial charge in [0.1, 0.15) is 5.69 Å². The Morgan fingerprint density at radius 3 is 2.74 bits per heavy atom. The predicted octanol–water partition coefficient (Wildman–Crippen LogP) is 2.46. The number of likely N-dealkylation sites (N-methyl/N-ethyl adjacent to an activating group) is 1. The molecular weight excluding hydrogens is 368 g/mol. The summed E-state index contributed by atoms with van der Waals surface area (Å²) >= 11 is 0. The Kier molecular flexibility index (Phi) is 7.15. The number of nitro benzene ring substituents is 1. The highest BCUT2D eigenvalue weighted by Crippen LogP contribution is 2.26. The van der Waals surface area contributed by atoms with Crippen LogP contribution in [0, 0.1) is 10.1 Å². The third-order valence-corrected chi connectivity index (χ3v) is 4.59. The SMILES string of the molecule is CN(CC(=O)NCC1NCCc2ccccc21)c1ccccc1[N+](=O)[O-].Cl. The molecule has 1 aliphatic heterocycles. The minimum absolute atomic E-state index is 0. The Morgan fingerprint density at radius 1 is 1.26 bits per heavy atom. The minimum Gasteiger partial charge on any atom is -0.360 e. The number of anilines is 1. The van der Waals surface area contributed by atoms with Crippen LogP contribution in [0.1, 0.15) is 17.2 Å². The molecule has 27 heavy (non-hydrogen) atoms. The second-order valence-electron chi connectivity index (χ2n) is 6.36. The summed E-state index contributed by atoms with van der Waals surface area (Å²) < 4.78 is 0. The first-order valence-corrected chi connectivity index (χ1v) is 8.58. The molecule has 0 saturated heterocycles. The fraction of sp³-hybridized carbons (Fsp3) is 0.316. The number of para-hydroxylation sites is 2. The van der Waals surface area contributed by atoms with Gasteiger partial charge in [-0.15, -0.1) is 12.4 Å². The lowest BCUT2D eigenvalue weighted by Crippen LogP contribution is -2.42. The Bertz CT molecular complexity index is 815. The summed E-state index contributed by atoms with van der Waals surface area (Å²) in [6.07, 6.45) is 0.987. The Morgan fingerprint density at radius 2 is 1.96 bits per heavy atom. The van der Waals surface area contributed by atoms with E-state index in [1.165, 1.54) is 17.2 Å². The maximum atomic E-state index is 12.3. The summed E-state index contributed by atoms with van der Waals surface area (Å²) in [5, 5.41) is 17.5. The van der Waals surface area contributed by atoms with Crippen molar-refractivity contribution in [1.82, 2.24) is 10.6 Å². The first kappa shape index (κ1) is 20.7. The molecule has 3 rings (SSSR count). The molecule has 1 atom stereocenters. The summed E-state index contributed by atoms with van der Waals surface area (Å²) in [7, 11) is 1.68. The fourth-order valence-electron chi connectivity index (χ4n) is 3.29. The third kappa shape index (κ3) is 4.96. The van der Waals surface area contributed by atoms with E-state index in [4.69, 9.17) is 0 Å². The zero-order valence-corrected chi connectivity index (χ0v) is 15.9. The molecule has 2 N–H and O–H groups in total. The van der Waals surface area contributed by atoms with Gasteiger partial charge < -0.3 is 15.5 Å². The smallest absolute Gasteiger partial charge is 0.292 e. The van der Waals surface area contributed by atoms with Gasteiger partial charge in [0, 0.05) is 25.7 Å². The number of rotatable bonds is 6. The lowest BCUT2D eigenvalue weighted by molar-refractivity contribution is -0.384. The van der Waals surface area contributed by atoms with Gasteiger partial charge in [0.25, 0.3) is 5.69 Å². The number of carbonyl (C=O) groups excluding carboxylic acids is 1. The van der Waals surface area contributed by atoms with Crippen molar-refractivity contribution in [1.29, 1.82) is 0 Å². The van der Waals surface area contributed by atoms with Crippen LogP contribution < -0.4 is 15.5 Å². The second-order valence-corrected chi connectivity index (χ2v) is 6.36. The Balaban J connectivity index is 0.00000261. The van der Waals surface area contributed by atoms with Crippen molar-refractivity contribution >= 4 is 29.7 Å². The van der Waals surface area contributed by atoms with Crippen LogP contribution in [-0.4, -0.2) is 37.5 Å². The lowest BCUT2D eigenvalue weighted by Gasteiger charge is -2.27. The maximum absolute atomic E-state index is 12.3. The van der Waals surface area contributed by atoms with Crippen LogP contribution in [0.25, 0.3) is 0 Å². The van der Waals surface area contributed by atoms with Crippen molar-refractivity contribution in [3.05, 3.63) is 69.8 Å². The van der Waals surface area contributed by atoms with Gasteiger partial charge in [-0.2, -0.15) is 0 Å². The van der Waals surface area contributed by atoms with E-state index in [1.54, 1.807) is 30.1 Å². The van der Waals surface area contributed by atoms with Crippen LogP contribution in [0.3, 0.4) is 0 Å². The average Bonchev–Trinajstić information content (AvgIpc) is 2.66. The van der Waals surface area contributed by atoms with Gasteiger partial charge in [-0.1, -0.05) is 36.4 Å². The Labute approximate surface area is 164 Å². The van der Waals surface area contributed by atoms with Crippen molar-refractivity contribution in [2.75, 3.05) is 31.6 Å². The molecule has 0 aliphatic carbocycles. The number of nitro groups is 1. The highest BCUT2D eigenvalue weighted by Gasteiger charge is 2.21. The van der Waals surface area contributed by atoms with Gasteiger partial charge >= 0.3 is 0 Å². The number of fused-ring (bicyclic) bond motifs is 1. The molecule has 144 valence electrons. The number of amides is 1. The predicted molar refractivity (Wildman–Crippen MR) is 108 cm³/mol. The summed E-state index contributed by atoms with van der Waals surface area (Å²) in [4.78, 5) is 24.6. The van der Waals surface area contributed by atoms with E-state index >= 15 is 0 Å². The van der Waals surface area contributed by atoms with E-state index in [2.05, 4.69) is 22.8 Å². The molecule has 1 unspecified atom stereocenters. The molecule has 0 radical (unpaired) electrons. The molecule has 0 bridgehead atoms. The zero-order valence-electron chi connectivity index (χ0n) is 15.1. The third-order valence-electron chi connectivity index (χ3n) is 4.59. The van der Waals surface area contributed by atoms with E-state index in [1.807, 2.05) is 12.1 Å². The van der Waals surface area contributed by atoms with Crippen molar-refractivity contribution in [3.63, 3.8) is 0 Å². The van der Waals surface area contributed by atoms with Crippen LogP contribution in [0.5, 0.6) is 0 Å². The largest absolute Gasteiger partial charge is 0.360 e. The summed E-state index contributed by atoms with van der Waals surface area (Å²) in [6.45, 7) is 1.42. The number of carbonyl (C=O) groups is 1. The quantitative estimate of drug-likeness (QED) is 0.584. The van der Waals surface area contributed by atoms with E-state index < -0.39 is 4.92 Å². The van der Waals surface area contributed by atoms with Gasteiger partial charge in [-0.25, -0.2) is 0 Å². The van der Waals surface area contributed by atoms with E-state index in [0.29, 0.717) is 12.2 Å². The summed E-state index contributed by atoms with van der Waals surface area (Å²) in [5.41, 5.74) is 2.94. The van der Waals surface area contributed by atoms with Crippen LogP contribution in [0.2, 0.25) is 0 Å². The number of halogens is 1. The monoisotopic (exact) mass is 390 g/mol. The number of benzene rings is 2.